The molecule has 0 saturated carbocycles. The van der Waals surface area contributed by atoms with E-state index < -0.39 is 100 Å². The van der Waals surface area contributed by atoms with Crippen molar-refractivity contribution >= 4 is 81.5 Å². The number of phenols is 1. The number of halogens is 2. The lowest BCUT2D eigenvalue weighted by Crippen LogP contribution is -2.43. The van der Waals surface area contributed by atoms with Crippen LogP contribution in [0.5, 0.6) is 17.2 Å². The number of ketones is 1. The van der Waals surface area contributed by atoms with Crippen LogP contribution in [0.1, 0.15) is 46.3 Å². The highest BCUT2D eigenvalue weighted by Crippen LogP contribution is 2.66. The lowest BCUT2D eigenvalue weighted by molar-refractivity contribution is -0.386. The largest absolute Gasteiger partial charge is 0.506 e. The van der Waals surface area contributed by atoms with Crippen LogP contribution in [0.3, 0.4) is 0 Å². The van der Waals surface area contributed by atoms with Gasteiger partial charge in [0.05, 0.1) is 55.7 Å². The van der Waals surface area contributed by atoms with Gasteiger partial charge >= 0.3 is 23.5 Å². The Balaban J connectivity index is 1.02. The normalized spacial score (nSPS) is 18.2. The van der Waals surface area contributed by atoms with Crippen molar-refractivity contribution in [1.29, 1.82) is 0 Å². The van der Waals surface area contributed by atoms with Gasteiger partial charge in [0, 0.05) is 70.3 Å². The molecule has 8 N–H and O–H groups in total. The zero-order valence-electron chi connectivity index (χ0n) is 39.2. The first-order valence-corrected chi connectivity index (χ1v) is 27.0. The van der Waals surface area contributed by atoms with Gasteiger partial charge in [0.1, 0.15) is 39.7 Å². The minimum absolute atomic E-state index is 0.0244. The molecular formula is C45H40Cl2N3O24P3. The molecule has 2 unspecified atom stereocenters. The van der Waals surface area contributed by atoms with Crippen LogP contribution in [-0.2, 0) is 59.1 Å². The number of aromatic hydroxyl groups is 1. The molecule has 4 aliphatic rings. The van der Waals surface area contributed by atoms with Crippen molar-refractivity contribution < 1.29 is 104 Å². The monoisotopic (exact) mass is 1170 g/mol. The van der Waals surface area contributed by atoms with E-state index >= 15 is 0 Å². The predicted molar refractivity (Wildman–Crippen MR) is 265 cm³/mol. The standard InChI is InChI=1S/C45H40Cl2N3O24P3/c1-22-48-45(57)27(16-49(22)37-15-33(54)36(71-37)20-70-76(63,64)74-77(65,66)73-75(60,61)62)19-68-18-25-8-7-23(11-31(25)50(58)59)5-3-4-6-32(53)24-9-10-34(69-21-52)28(12-24)38-29-13-26(17-51)41(55)39(46)43(29)72-44-30(38)14-35(67-2)42(56)40(44)47/h7-14,16,21,33,36-37,51,54-55H,1,4,6,15,17-20H2,2H3,(H,48,57)(H,63,64)(H,65,66)(H2,60,61,62)/t33-,36-,37-/m1/s1. The third-order valence-corrected chi connectivity index (χ3v) is 15.8. The van der Waals surface area contributed by atoms with Gasteiger partial charge < -0.3 is 68.5 Å². The molecule has 3 aliphatic heterocycles. The maximum Gasteiger partial charge on any atom is 0.490 e. The minimum atomic E-state index is -5.81. The molecule has 5 atom stereocenters. The number of ether oxygens (including phenoxy) is 4. The number of methoxy groups -OCH3 is 1. The van der Waals surface area contributed by atoms with Crippen LogP contribution in [0.2, 0.25) is 10.0 Å². The molecule has 3 aromatic rings. The molecule has 0 aromatic heterocycles. The number of rotatable bonds is 21. The quantitative estimate of drug-likeness (QED) is 0.00835. The Hall–Kier alpha value is -6.37. The Morgan fingerprint density at radius 2 is 1.74 bits per heavy atom. The summed E-state index contributed by atoms with van der Waals surface area (Å²) < 4.78 is 74.5. The summed E-state index contributed by atoms with van der Waals surface area (Å²) in [5.74, 6) is 3.45. The number of nitrogens with zero attached hydrogens (tertiary/aromatic N) is 2. The molecule has 32 heteroatoms. The number of nitro benzene ring substituents is 1. The molecule has 1 saturated heterocycles. The van der Waals surface area contributed by atoms with Crippen LogP contribution >= 0.6 is 46.7 Å². The first-order valence-electron chi connectivity index (χ1n) is 21.8. The molecule has 1 fully saturated rings. The molecule has 1 amide bonds. The summed E-state index contributed by atoms with van der Waals surface area (Å²) >= 11 is 13.0. The van der Waals surface area contributed by atoms with Crippen LogP contribution in [0.4, 0.5) is 5.69 Å². The first kappa shape index (κ1) is 58.3. The number of hydrogen-bond donors (Lipinski definition) is 8. The smallest absolute Gasteiger partial charge is 0.490 e. The Morgan fingerprint density at radius 1 is 1.00 bits per heavy atom. The van der Waals surface area contributed by atoms with Gasteiger partial charge in [-0.3, -0.25) is 33.8 Å². The van der Waals surface area contributed by atoms with E-state index in [1.807, 2.05) is 0 Å². The van der Waals surface area contributed by atoms with E-state index in [4.69, 9.17) is 56.4 Å². The molecule has 77 heavy (non-hydrogen) atoms. The van der Waals surface area contributed by atoms with Gasteiger partial charge in [-0.05, 0) is 42.5 Å². The van der Waals surface area contributed by atoms with E-state index in [1.54, 1.807) is 0 Å². The molecule has 0 spiro atoms. The van der Waals surface area contributed by atoms with E-state index in [2.05, 4.69) is 36.9 Å². The fourth-order valence-corrected chi connectivity index (χ4v) is 11.4. The molecule has 0 radical (unpaired) electrons. The highest BCUT2D eigenvalue weighted by atomic mass is 35.5. The fourth-order valence-electron chi connectivity index (χ4n) is 7.84. The van der Waals surface area contributed by atoms with Crippen molar-refractivity contribution in [3.8, 4) is 51.5 Å². The van der Waals surface area contributed by atoms with E-state index in [9.17, 15) is 68.1 Å². The first-order chi connectivity index (χ1) is 36.2. The van der Waals surface area contributed by atoms with Gasteiger partial charge in [-0.2, -0.15) is 8.62 Å². The molecule has 408 valence electrons. The van der Waals surface area contributed by atoms with Gasteiger partial charge in [0.15, 0.2) is 22.9 Å². The molecule has 3 heterocycles. The topological polar surface area (TPSA) is 397 Å². The number of aliphatic hydroxyl groups is 2. The maximum atomic E-state index is 13.7. The van der Waals surface area contributed by atoms with Gasteiger partial charge in [0.25, 0.3) is 18.1 Å². The van der Waals surface area contributed by atoms with Crippen LogP contribution < -0.4 is 20.2 Å². The third-order valence-electron chi connectivity index (χ3n) is 11.3. The highest BCUT2D eigenvalue weighted by molar-refractivity contribution is 7.66. The Kier molecular flexibility index (Phi) is 18.0. The van der Waals surface area contributed by atoms with Gasteiger partial charge in [-0.15, -0.1) is 0 Å². The number of benzene rings is 4. The molecule has 27 nitrogen and oxygen atoms in total. The zero-order chi connectivity index (χ0) is 56.3. The average Bonchev–Trinajstić information content (AvgIpc) is 3.77. The van der Waals surface area contributed by atoms with Crippen LogP contribution in [0, 0.1) is 22.0 Å². The number of carbonyl (C=O) groups is 3. The summed E-state index contributed by atoms with van der Waals surface area (Å²) in [5.41, 5.74) is -0.609. The Bertz CT molecular complexity index is 3520. The molecule has 7 rings (SSSR count). The second-order valence-corrected chi connectivity index (χ2v) is 21.5. The van der Waals surface area contributed by atoms with E-state index in [0.717, 1.165) is 0 Å². The second kappa shape index (κ2) is 23.7. The highest BCUT2D eigenvalue weighted by Gasteiger charge is 2.44. The number of fused-ring (bicyclic) bond motifs is 2. The summed E-state index contributed by atoms with van der Waals surface area (Å²) in [6.45, 7) is 1.44. The second-order valence-electron chi connectivity index (χ2n) is 16.3. The number of amides is 1. The Morgan fingerprint density at radius 3 is 2.42 bits per heavy atom. The van der Waals surface area contributed by atoms with E-state index in [0.29, 0.717) is 0 Å². The van der Waals surface area contributed by atoms with Gasteiger partial charge in [-0.25, -0.2) is 13.7 Å². The SMILES string of the molecule is C=C1NC(=O)C(COCc2ccc(C#CCCC(=O)c3ccc(OC=O)c(-c4c5cc(OC)c(=O)c(Cl)c-5oc5c(Cl)c(O)c(CO)cc45)c3)cc2[N+](=O)[O-])=CN1[C@H]1C[C@@H](O)[C@@H](COP(=O)(O)OP(=O)(O)OP(=O)(O)O)O1. The summed E-state index contributed by atoms with van der Waals surface area (Å²) in [6, 6.07) is 10.8. The van der Waals surface area contributed by atoms with E-state index in [1.165, 1.54) is 66.7 Å². The predicted octanol–water partition coefficient (Wildman–Crippen LogP) is 5.66. The summed E-state index contributed by atoms with van der Waals surface area (Å²) in [7, 11) is -15.8. The van der Waals surface area contributed by atoms with Crippen molar-refractivity contribution in [2.24, 2.45) is 0 Å². The Labute approximate surface area is 442 Å². The van der Waals surface area contributed by atoms with Crippen LogP contribution in [-0.4, -0.2) is 102 Å². The number of Topliss-reactive ketones (excluding diaryl/α,β-unsaturated/α-hetero) is 1. The van der Waals surface area contributed by atoms with E-state index in [-0.39, 0.29) is 116 Å². The number of carbonyl (C=O) groups excluding carboxylic acids is 3. The number of nitrogens with one attached hydrogen (secondary N) is 1. The number of nitro groups is 1. The van der Waals surface area contributed by atoms with Crippen molar-refractivity contribution in [3.05, 3.63) is 125 Å². The fraction of sp³-hybridized carbons (Fsp3) is 0.244. The van der Waals surface area contributed by atoms with Crippen molar-refractivity contribution in [3.63, 3.8) is 0 Å². The summed E-state index contributed by atoms with van der Waals surface area (Å²) in [5, 5.41) is 45.3. The summed E-state index contributed by atoms with van der Waals surface area (Å²) in [6.07, 6.45) is -3.14. The number of phosphoric ester groups is 1. The van der Waals surface area contributed by atoms with Crippen molar-refractivity contribution in [1.82, 2.24) is 10.2 Å². The summed E-state index contributed by atoms with van der Waals surface area (Å²) in [4.78, 5) is 101. The number of phosphoric acid groups is 3. The number of hydrogen-bond acceptors (Lipinski definition) is 21. The molecular weight excluding hydrogens is 1130 g/mol. The maximum absolute atomic E-state index is 13.7. The van der Waals surface area contributed by atoms with Crippen LogP contribution in [0.25, 0.3) is 33.4 Å². The van der Waals surface area contributed by atoms with Crippen molar-refractivity contribution in [2.45, 2.75) is 50.9 Å². The minimum Gasteiger partial charge on any atom is -0.506 e. The number of aliphatic hydroxyl groups excluding tert-OH is 2. The lowest BCUT2D eigenvalue weighted by Gasteiger charge is -2.33. The van der Waals surface area contributed by atoms with Crippen molar-refractivity contribution in [2.75, 3.05) is 20.3 Å². The molecule has 1 aliphatic carbocycles. The molecule has 3 aromatic carbocycles. The average molecular weight is 1170 g/mol. The lowest BCUT2D eigenvalue weighted by atomic mass is 9.90. The van der Waals surface area contributed by atoms with Crippen LogP contribution in [0.15, 0.2) is 81.9 Å². The molecule has 0 bridgehead atoms. The van der Waals surface area contributed by atoms with Gasteiger partial charge in [-0.1, -0.05) is 41.6 Å². The van der Waals surface area contributed by atoms with Gasteiger partial charge in [0.2, 0.25) is 5.43 Å². The third kappa shape index (κ3) is 13.5. The zero-order valence-corrected chi connectivity index (χ0v) is 43.4.